The predicted molar refractivity (Wildman–Crippen MR) is 136 cm³/mol. The first-order chi connectivity index (χ1) is 17.1. The van der Waals surface area contributed by atoms with Crippen LogP contribution in [0.25, 0.3) is 10.8 Å². The molecule has 2 fully saturated rings. The molecule has 0 bridgehead atoms. The van der Waals surface area contributed by atoms with Gasteiger partial charge in [-0.05, 0) is 48.1 Å². The number of carbonyl (C=O) groups excluding carboxylic acids is 3. The quantitative estimate of drug-likeness (QED) is 0.554. The van der Waals surface area contributed by atoms with Gasteiger partial charge in [0.25, 0.3) is 5.91 Å². The second-order valence-corrected chi connectivity index (χ2v) is 9.65. The lowest BCUT2D eigenvalue weighted by atomic mass is 9.94. The molecular formula is C29H31N3O3. The predicted octanol–water partition coefficient (Wildman–Crippen LogP) is 3.70. The van der Waals surface area contributed by atoms with E-state index >= 15 is 0 Å². The average molecular weight is 470 g/mol. The molecule has 0 aromatic heterocycles. The fraction of sp³-hybridized carbons (Fsp3) is 0.345. The molecule has 1 aliphatic carbocycles. The highest BCUT2D eigenvalue weighted by atomic mass is 16.2. The van der Waals surface area contributed by atoms with Crippen LogP contribution in [0.1, 0.15) is 41.6 Å². The van der Waals surface area contributed by atoms with Crippen LogP contribution in [-0.2, 0) is 16.0 Å². The van der Waals surface area contributed by atoms with Crippen LogP contribution in [0.3, 0.4) is 0 Å². The van der Waals surface area contributed by atoms with Crippen LogP contribution in [0.15, 0.2) is 72.8 Å². The van der Waals surface area contributed by atoms with Gasteiger partial charge in [0.1, 0.15) is 6.04 Å². The average Bonchev–Trinajstić information content (AvgIpc) is 3.72. The lowest BCUT2D eigenvalue weighted by Crippen LogP contribution is -2.52. The number of nitrogens with one attached hydrogen (secondary N) is 2. The first-order valence-electron chi connectivity index (χ1n) is 12.5. The summed E-state index contributed by atoms with van der Waals surface area (Å²) in [4.78, 5) is 41.4. The second-order valence-electron chi connectivity index (χ2n) is 9.65. The number of hydrogen-bond acceptors (Lipinski definition) is 3. The highest BCUT2D eigenvalue weighted by Crippen LogP contribution is 2.24. The molecule has 1 saturated heterocycles. The molecule has 5 rings (SSSR count). The number of hydrogen-bond donors (Lipinski definition) is 2. The Morgan fingerprint density at radius 1 is 0.886 bits per heavy atom. The van der Waals surface area contributed by atoms with Gasteiger partial charge < -0.3 is 15.5 Å². The first-order valence-corrected chi connectivity index (χ1v) is 12.5. The minimum absolute atomic E-state index is 0.0494. The Hall–Kier alpha value is -3.67. The zero-order valence-corrected chi connectivity index (χ0v) is 19.8. The lowest BCUT2D eigenvalue weighted by Gasteiger charge is -2.33. The zero-order valence-electron chi connectivity index (χ0n) is 19.8. The van der Waals surface area contributed by atoms with Crippen LogP contribution in [-0.4, -0.2) is 47.8 Å². The van der Waals surface area contributed by atoms with Gasteiger partial charge in [0.15, 0.2) is 0 Å². The third kappa shape index (κ3) is 5.53. The van der Waals surface area contributed by atoms with E-state index in [0.717, 1.165) is 35.6 Å². The Balaban J connectivity index is 1.28. The largest absolute Gasteiger partial charge is 0.352 e. The van der Waals surface area contributed by atoms with E-state index in [-0.39, 0.29) is 29.7 Å². The molecule has 0 spiro atoms. The van der Waals surface area contributed by atoms with Gasteiger partial charge in [0.2, 0.25) is 11.8 Å². The summed E-state index contributed by atoms with van der Waals surface area (Å²) in [7, 11) is 0. The Bertz CT molecular complexity index is 1220. The van der Waals surface area contributed by atoms with Gasteiger partial charge in [-0.25, -0.2) is 0 Å². The zero-order chi connectivity index (χ0) is 24.2. The Morgan fingerprint density at radius 2 is 1.63 bits per heavy atom. The molecule has 6 nitrogen and oxygen atoms in total. The summed E-state index contributed by atoms with van der Waals surface area (Å²) in [5, 5.41) is 7.98. The van der Waals surface area contributed by atoms with Crippen molar-refractivity contribution in [2.24, 2.45) is 5.92 Å². The Kier molecular flexibility index (Phi) is 6.80. The number of carbonyl (C=O) groups is 3. The molecule has 2 atom stereocenters. The smallest absolute Gasteiger partial charge is 0.254 e. The van der Waals surface area contributed by atoms with Gasteiger partial charge in [-0.3, -0.25) is 14.4 Å². The maximum Gasteiger partial charge on any atom is 0.254 e. The van der Waals surface area contributed by atoms with Gasteiger partial charge in [-0.2, -0.15) is 0 Å². The summed E-state index contributed by atoms with van der Waals surface area (Å²) in [5.74, 6) is -0.683. The van der Waals surface area contributed by atoms with Crippen molar-refractivity contribution in [3.63, 3.8) is 0 Å². The van der Waals surface area contributed by atoms with E-state index in [1.165, 1.54) is 0 Å². The molecule has 2 N–H and O–H groups in total. The Morgan fingerprint density at radius 3 is 2.43 bits per heavy atom. The fourth-order valence-corrected chi connectivity index (χ4v) is 4.84. The van der Waals surface area contributed by atoms with Crippen LogP contribution >= 0.6 is 0 Å². The van der Waals surface area contributed by atoms with Crippen LogP contribution in [0, 0.1) is 5.92 Å². The minimum atomic E-state index is -0.630. The summed E-state index contributed by atoms with van der Waals surface area (Å²) in [6, 6.07) is 22.9. The molecule has 3 aromatic carbocycles. The normalized spacial score (nSPS) is 18.6. The van der Waals surface area contributed by atoms with E-state index < -0.39 is 6.04 Å². The van der Waals surface area contributed by atoms with E-state index in [2.05, 4.69) is 10.6 Å². The van der Waals surface area contributed by atoms with E-state index in [4.69, 9.17) is 0 Å². The van der Waals surface area contributed by atoms with E-state index in [0.29, 0.717) is 31.5 Å². The van der Waals surface area contributed by atoms with Crippen LogP contribution in [0.2, 0.25) is 0 Å². The first kappa shape index (κ1) is 23.1. The van der Waals surface area contributed by atoms with E-state index in [9.17, 15) is 14.4 Å². The Labute approximate surface area is 205 Å². The summed E-state index contributed by atoms with van der Waals surface area (Å²) < 4.78 is 0. The van der Waals surface area contributed by atoms with Crippen molar-refractivity contribution in [2.45, 2.75) is 44.2 Å². The van der Waals surface area contributed by atoms with Gasteiger partial charge in [-0.15, -0.1) is 0 Å². The van der Waals surface area contributed by atoms with Crippen LogP contribution < -0.4 is 10.6 Å². The van der Waals surface area contributed by atoms with Crippen molar-refractivity contribution >= 4 is 28.5 Å². The van der Waals surface area contributed by atoms with Crippen molar-refractivity contribution in [2.75, 3.05) is 13.1 Å². The SMILES string of the molecule is O=C(NC(Cc1ccccc1)C(=O)NC1CC1)C1CCCN(C(=O)c2cccc3ccccc23)C1. The lowest BCUT2D eigenvalue weighted by molar-refractivity contribution is -0.132. The molecule has 3 amide bonds. The number of fused-ring (bicyclic) bond motifs is 1. The number of piperidine rings is 1. The van der Waals surface area contributed by atoms with Crippen LogP contribution in [0.5, 0.6) is 0 Å². The standard InChI is InChI=1S/C29H31N3O3/c33-27(31-26(28(34)30-23-15-16-23)18-20-8-2-1-3-9-20)22-12-7-17-32(19-22)29(35)25-14-6-11-21-10-4-5-13-24(21)25/h1-6,8-11,13-14,22-23,26H,7,12,15-19H2,(H,30,34)(H,31,33). The molecule has 2 unspecified atom stereocenters. The monoisotopic (exact) mass is 469 g/mol. The molecule has 3 aromatic rings. The van der Waals surface area contributed by atoms with Gasteiger partial charge >= 0.3 is 0 Å². The third-order valence-corrected chi connectivity index (χ3v) is 6.94. The molecule has 0 radical (unpaired) electrons. The number of rotatable bonds is 7. The van der Waals surface area contributed by atoms with Gasteiger partial charge in [-0.1, -0.05) is 66.7 Å². The molecular weight excluding hydrogens is 438 g/mol. The fourth-order valence-electron chi connectivity index (χ4n) is 4.84. The maximum atomic E-state index is 13.4. The highest BCUT2D eigenvalue weighted by Gasteiger charge is 2.33. The molecule has 6 heteroatoms. The molecule has 1 heterocycles. The number of likely N-dealkylation sites (tertiary alicyclic amines) is 1. The van der Waals surface area contributed by atoms with Crippen molar-refractivity contribution < 1.29 is 14.4 Å². The van der Waals surface area contributed by atoms with E-state index in [1.54, 1.807) is 4.90 Å². The number of amides is 3. The number of benzene rings is 3. The number of nitrogens with zero attached hydrogens (tertiary/aromatic N) is 1. The molecule has 35 heavy (non-hydrogen) atoms. The van der Waals surface area contributed by atoms with Crippen molar-refractivity contribution in [1.82, 2.24) is 15.5 Å². The van der Waals surface area contributed by atoms with E-state index in [1.807, 2.05) is 72.8 Å². The van der Waals surface area contributed by atoms with Crippen molar-refractivity contribution in [1.29, 1.82) is 0 Å². The second kappa shape index (κ2) is 10.3. The molecule has 180 valence electrons. The maximum absolute atomic E-state index is 13.4. The summed E-state index contributed by atoms with van der Waals surface area (Å²) >= 11 is 0. The van der Waals surface area contributed by atoms with Crippen molar-refractivity contribution in [3.8, 4) is 0 Å². The van der Waals surface area contributed by atoms with Gasteiger partial charge in [0.05, 0.1) is 5.92 Å². The highest BCUT2D eigenvalue weighted by molar-refractivity contribution is 6.07. The summed E-state index contributed by atoms with van der Waals surface area (Å²) in [6.07, 6.45) is 3.88. The third-order valence-electron chi connectivity index (χ3n) is 6.94. The topological polar surface area (TPSA) is 78.5 Å². The van der Waals surface area contributed by atoms with Crippen molar-refractivity contribution in [3.05, 3.63) is 83.9 Å². The molecule has 1 aliphatic heterocycles. The van der Waals surface area contributed by atoms with Gasteiger partial charge in [0, 0.05) is 31.1 Å². The van der Waals surface area contributed by atoms with Crippen LogP contribution in [0.4, 0.5) is 0 Å². The summed E-state index contributed by atoms with van der Waals surface area (Å²) in [5.41, 5.74) is 1.66. The molecule has 1 saturated carbocycles. The summed E-state index contributed by atoms with van der Waals surface area (Å²) in [6.45, 7) is 0.984. The molecule has 2 aliphatic rings. The minimum Gasteiger partial charge on any atom is -0.352 e.